The zero-order valence-electron chi connectivity index (χ0n) is 11.6. The molecule has 0 aliphatic rings. The van der Waals surface area contributed by atoms with Crippen LogP contribution in [0, 0.1) is 0 Å². The van der Waals surface area contributed by atoms with E-state index in [1.54, 1.807) is 0 Å². The molecule has 0 radical (unpaired) electrons. The molecule has 1 rings (SSSR count). The molecule has 1 aromatic rings. The molecule has 0 unspecified atom stereocenters. The smallest absolute Gasteiger partial charge is 0.324 e. The molecule has 0 saturated carbocycles. The van der Waals surface area contributed by atoms with Crippen molar-refractivity contribution in [1.82, 2.24) is 15.0 Å². The van der Waals surface area contributed by atoms with E-state index < -0.39 is 0 Å². The molecule has 1 heterocycles. The fraction of sp³-hybridized carbons (Fsp3) is 0.750. The minimum absolute atomic E-state index is 0.0382. The number of hydrogen-bond donors (Lipinski definition) is 0. The molecule has 19 heavy (non-hydrogen) atoms. The molecule has 0 spiro atoms. The van der Waals surface area contributed by atoms with Gasteiger partial charge in [0.1, 0.15) is 6.61 Å². The van der Waals surface area contributed by atoms with E-state index in [1.807, 2.05) is 13.8 Å². The van der Waals surface area contributed by atoms with Gasteiger partial charge < -0.3 is 14.2 Å². The van der Waals surface area contributed by atoms with Crippen molar-refractivity contribution in [3.05, 3.63) is 5.28 Å². The van der Waals surface area contributed by atoms with Crippen LogP contribution < -0.4 is 9.47 Å². The van der Waals surface area contributed by atoms with Crippen LogP contribution in [-0.4, -0.2) is 40.9 Å². The van der Waals surface area contributed by atoms with Gasteiger partial charge in [-0.1, -0.05) is 13.3 Å². The molecule has 0 fully saturated rings. The van der Waals surface area contributed by atoms with Crippen LogP contribution in [0.5, 0.6) is 12.0 Å². The van der Waals surface area contributed by atoms with E-state index in [4.69, 9.17) is 25.8 Å². The van der Waals surface area contributed by atoms with Crippen molar-refractivity contribution in [3.8, 4) is 12.0 Å². The first-order valence-electron chi connectivity index (χ1n) is 6.40. The fourth-order valence-corrected chi connectivity index (χ4v) is 1.33. The average molecular weight is 290 g/mol. The van der Waals surface area contributed by atoms with E-state index >= 15 is 0 Å². The second kappa shape index (κ2) is 8.87. The summed E-state index contributed by atoms with van der Waals surface area (Å²) in [4.78, 5) is 11.7. The highest BCUT2D eigenvalue weighted by Crippen LogP contribution is 2.13. The number of ether oxygens (including phenoxy) is 3. The van der Waals surface area contributed by atoms with Gasteiger partial charge >= 0.3 is 12.0 Å². The van der Waals surface area contributed by atoms with Crippen LogP contribution in [0.3, 0.4) is 0 Å². The summed E-state index contributed by atoms with van der Waals surface area (Å²) in [6, 6.07) is 0.312. The van der Waals surface area contributed by atoms with E-state index in [1.165, 1.54) is 0 Å². The van der Waals surface area contributed by atoms with Gasteiger partial charge in [-0.3, -0.25) is 0 Å². The van der Waals surface area contributed by atoms with Crippen molar-refractivity contribution in [1.29, 1.82) is 0 Å². The molecular formula is C12H20ClN3O3. The Labute approximate surface area is 118 Å². The monoisotopic (exact) mass is 289 g/mol. The minimum Gasteiger partial charge on any atom is -0.461 e. The van der Waals surface area contributed by atoms with Crippen molar-refractivity contribution in [2.75, 3.05) is 19.8 Å². The quantitative estimate of drug-likeness (QED) is 0.651. The summed E-state index contributed by atoms with van der Waals surface area (Å²) in [7, 11) is 0. The van der Waals surface area contributed by atoms with Gasteiger partial charge in [0.25, 0.3) is 0 Å². The lowest BCUT2D eigenvalue weighted by molar-refractivity contribution is 0.0939. The van der Waals surface area contributed by atoms with E-state index in [-0.39, 0.29) is 23.4 Å². The Morgan fingerprint density at radius 3 is 2.47 bits per heavy atom. The maximum atomic E-state index is 5.76. The molecule has 108 valence electrons. The van der Waals surface area contributed by atoms with Crippen molar-refractivity contribution in [2.45, 2.75) is 39.7 Å². The zero-order chi connectivity index (χ0) is 14.1. The Bertz CT molecular complexity index is 377. The van der Waals surface area contributed by atoms with Crippen LogP contribution in [0.4, 0.5) is 0 Å². The van der Waals surface area contributed by atoms with Crippen molar-refractivity contribution < 1.29 is 14.2 Å². The Morgan fingerprint density at radius 2 is 1.79 bits per heavy atom. The number of unbranched alkanes of at least 4 members (excludes halogenated alkanes) is 1. The van der Waals surface area contributed by atoms with Crippen molar-refractivity contribution in [2.24, 2.45) is 0 Å². The zero-order valence-corrected chi connectivity index (χ0v) is 12.3. The number of halogens is 1. The Hall–Kier alpha value is -1.14. The second-order valence-electron chi connectivity index (χ2n) is 4.15. The summed E-state index contributed by atoms with van der Waals surface area (Å²) in [6.45, 7) is 7.46. The third kappa shape index (κ3) is 7.12. The number of hydrogen-bond acceptors (Lipinski definition) is 6. The van der Waals surface area contributed by atoms with Crippen LogP contribution in [0.25, 0.3) is 0 Å². The largest absolute Gasteiger partial charge is 0.461 e. The van der Waals surface area contributed by atoms with Gasteiger partial charge in [-0.15, -0.1) is 4.98 Å². The Balaban J connectivity index is 2.38. The fourth-order valence-electron chi connectivity index (χ4n) is 1.18. The molecule has 0 aliphatic carbocycles. The van der Waals surface area contributed by atoms with E-state index in [0.717, 1.165) is 19.4 Å². The maximum absolute atomic E-state index is 5.76. The van der Waals surface area contributed by atoms with Gasteiger partial charge in [-0.05, 0) is 31.9 Å². The second-order valence-corrected chi connectivity index (χ2v) is 4.49. The minimum atomic E-state index is -0.0382. The summed E-state index contributed by atoms with van der Waals surface area (Å²) in [6.07, 6.45) is 2.12. The predicted octanol–water partition coefficient (Wildman–Crippen LogP) is 2.51. The first-order valence-corrected chi connectivity index (χ1v) is 6.78. The maximum Gasteiger partial charge on any atom is 0.324 e. The molecule has 0 aliphatic heterocycles. The molecule has 0 aromatic carbocycles. The topological polar surface area (TPSA) is 66.4 Å². The molecule has 0 atom stereocenters. The summed E-state index contributed by atoms with van der Waals surface area (Å²) in [5.41, 5.74) is 0. The Kier molecular flexibility index (Phi) is 7.43. The van der Waals surface area contributed by atoms with Crippen molar-refractivity contribution in [3.63, 3.8) is 0 Å². The molecule has 0 bridgehead atoms. The molecule has 0 N–H and O–H groups in total. The SMILES string of the molecule is CCCCOCCOc1nc(Cl)nc(OC(C)C)n1. The number of aromatic nitrogens is 3. The number of rotatable bonds is 9. The standard InChI is InChI=1S/C12H20ClN3O3/c1-4-5-6-17-7-8-18-11-14-10(13)15-12(16-11)19-9(2)3/h9H,4-8H2,1-3H3. The van der Waals surface area contributed by atoms with Gasteiger partial charge in [-0.2, -0.15) is 9.97 Å². The van der Waals surface area contributed by atoms with Crippen molar-refractivity contribution >= 4 is 11.6 Å². The summed E-state index contributed by atoms with van der Waals surface area (Å²) in [5.74, 6) is 0. The lowest BCUT2D eigenvalue weighted by Crippen LogP contribution is -2.12. The van der Waals surface area contributed by atoms with E-state index in [2.05, 4.69) is 21.9 Å². The lowest BCUT2D eigenvalue weighted by Gasteiger charge is -2.09. The van der Waals surface area contributed by atoms with E-state index in [9.17, 15) is 0 Å². The highest BCUT2D eigenvalue weighted by atomic mass is 35.5. The van der Waals surface area contributed by atoms with Crippen LogP contribution in [0.1, 0.15) is 33.6 Å². The average Bonchev–Trinajstić information content (AvgIpc) is 2.32. The first-order chi connectivity index (χ1) is 9.11. The normalized spacial score (nSPS) is 10.8. The molecular weight excluding hydrogens is 270 g/mol. The third-order valence-electron chi connectivity index (χ3n) is 2.01. The van der Waals surface area contributed by atoms with Gasteiger partial charge in [0.2, 0.25) is 5.28 Å². The third-order valence-corrected chi connectivity index (χ3v) is 2.18. The molecule has 6 nitrogen and oxygen atoms in total. The summed E-state index contributed by atoms with van der Waals surface area (Å²) in [5, 5.41) is 0.0487. The van der Waals surface area contributed by atoms with Crippen LogP contribution in [-0.2, 0) is 4.74 Å². The highest BCUT2D eigenvalue weighted by Gasteiger charge is 2.08. The molecule has 1 aromatic heterocycles. The summed E-state index contributed by atoms with van der Waals surface area (Å²) < 4.78 is 16.0. The van der Waals surface area contributed by atoms with Crippen LogP contribution in [0.15, 0.2) is 0 Å². The van der Waals surface area contributed by atoms with Gasteiger partial charge in [0.15, 0.2) is 0 Å². The predicted molar refractivity (Wildman–Crippen MR) is 71.8 cm³/mol. The van der Waals surface area contributed by atoms with E-state index in [0.29, 0.717) is 13.2 Å². The molecule has 0 amide bonds. The molecule has 7 heteroatoms. The number of nitrogens with zero attached hydrogens (tertiary/aromatic N) is 3. The van der Waals surface area contributed by atoms with Gasteiger partial charge in [0.05, 0.1) is 12.7 Å². The lowest BCUT2D eigenvalue weighted by atomic mass is 10.4. The molecule has 0 saturated heterocycles. The Morgan fingerprint density at radius 1 is 1.05 bits per heavy atom. The highest BCUT2D eigenvalue weighted by molar-refractivity contribution is 6.28. The van der Waals surface area contributed by atoms with Gasteiger partial charge in [0, 0.05) is 6.61 Å². The van der Waals surface area contributed by atoms with Crippen LogP contribution in [0.2, 0.25) is 5.28 Å². The van der Waals surface area contributed by atoms with Gasteiger partial charge in [-0.25, -0.2) is 0 Å². The summed E-state index contributed by atoms with van der Waals surface area (Å²) >= 11 is 5.76. The van der Waals surface area contributed by atoms with Crippen LogP contribution >= 0.6 is 11.6 Å². The first kappa shape index (κ1) is 15.9.